The van der Waals surface area contributed by atoms with Crippen LogP contribution in [0.5, 0.6) is 5.75 Å². The van der Waals surface area contributed by atoms with Crippen LogP contribution in [0.4, 0.5) is 12.9 Å². The third kappa shape index (κ3) is 4.47. The molecule has 0 aromatic heterocycles. The summed E-state index contributed by atoms with van der Waals surface area (Å²) in [6.07, 6.45) is 0. The zero-order chi connectivity index (χ0) is 13.2. The minimum atomic E-state index is -4.96. The molecule has 0 unspecified atom stereocenters. The van der Waals surface area contributed by atoms with E-state index in [2.05, 4.69) is 0 Å². The standard InChI is InChI=1S/C12H11BF3O2.K/c1-17-8-18-12-5-3-9-6-11(13(14,15)16)4-2-10(9)7-12;/h2-7H,8H2,1H3;/q-1;+1. The maximum absolute atomic E-state index is 12.6. The van der Waals surface area contributed by atoms with Gasteiger partial charge in [-0.25, -0.2) is 0 Å². The molecule has 2 aromatic rings. The fourth-order valence-electron chi connectivity index (χ4n) is 1.66. The fraction of sp³-hybridized carbons (Fsp3) is 0.167. The Morgan fingerprint density at radius 1 is 1.00 bits per heavy atom. The summed E-state index contributed by atoms with van der Waals surface area (Å²) in [6, 6.07) is 8.58. The number of fused-ring (bicyclic) bond motifs is 1. The molecule has 0 saturated heterocycles. The zero-order valence-corrected chi connectivity index (χ0v) is 13.8. The average molecular weight is 294 g/mol. The van der Waals surface area contributed by atoms with Crippen LogP contribution in [0.15, 0.2) is 36.4 Å². The van der Waals surface area contributed by atoms with Gasteiger partial charge in [0.05, 0.1) is 0 Å². The maximum Gasteiger partial charge on any atom is 1.00 e. The molecule has 0 aliphatic rings. The molecule has 0 heterocycles. The molecule has 96 valence electrons. The molecule has 0 fully saturated rings. The summed E-state index contributed by atoms with van der Waals surface area (Å²) < 4.78 is 47.7. The van der Waals surface area contributed by atoms with E-state index in [0.717, 1.165) is 12.1 Å². The van der Waals surface area contributed by atoms with E-state index in [1.54, 1.807) is 18.2 Å². The first kappa shape index (κ1) is 17.0. The Balaban J connectivity index is 0.00000180. The summed E-state index contributed by atoms with van der Waals surface area (Å²) in [5.74, 6) is 0.564. The number of rotatable bonds is 4. The molecule has 0 N–H and O–H groups in total. The van der Waals surface area contributed by atoms with Crippen molar-refractivity contribution in [1.29, 1.82) is 0 Å². The normalized spacial score (nSPS) is 11.2. The molecule has 0 amide bonds. The van der Waals surface area contributed by atoms with E-state index >= 15 is 0 Å². The Labute approximate surface area is 151 Å². The van der Waals surface area contributed by atoms with Crippen LogP contribution in [0.1, 0.15) is 0 Å². The van der Waals surface area contributed by atoms with Gasteiger partial charge in [0.25, 0.3) is 0 Å². The van der Waals surface area contributed by atoms with Crippen molar-refractivity contribution in [2.45, 2.75) is 0 Å². The van der Waals surface area contributed by atoms with Crippen LogP contribution in [0.2, 0.25) is 0 Å². The van der Waals surface area contributed by atoms with Crippen LogP contribution in [0.25, 0.3) is 10.8 Å². The minimum absolute atomic E-state index is 0. The Kier molecular flexibility index (Phi) is 6.36. The van der Waals surface area contributed by atoms with E-state index in [-0.39, 0.29) is 58.2 Å². The first-order chi connectivity index (χ1) is 8.50. The molecule has 19 heavy (non-hydrogen) atoms. The smallest absolute Gasteiger partial charge is 0.468 e. The van der Waals surface area contributed by atoms with Crippen LogP contribution >= 0.6 is 0 Å². The second-order valence-corrected chi connectivity index (χ2v) is 3.89. The first-order valence-corrected chi connectivity index (χ1v) is 5.36. The molecular formula is C12H11BF3KO2. The molecule has 7 heteroatoms. The van der Waals surface area contributed by atoms with Gasteiger partial charge in [-0.2, -0.15) is 0 Å². The molecule has 0 bridgehead atoms. The van der Waals surface area contributed by atoms with Crippen molar-refractivity contribution in [3.63, 3.8) is 0 Å². The number of methoxy groups -OCH3 is 1. The van der Waals surface area contributed by atoms with Gasteiger partial charge in [-0.1, -0.05) is 24.3 Å². The summed E-state index contributed by atoms with van der Waals surface area (Å²) >= 11 is 0. The van der Waals surface area contributed by atoms with Gasteiger partial charge in [0.15, 0.2) is 6.79 Å². The topological polar surface area (TPSA) is 18.5 Å². The van der Waals surface area contributed by atoms with E-state index in [1.807, 2.05) is 0 Å². The summed E-state index contributed by atoms with van der Waals surface area (Å²) in [5.41, 5.74) is -0.590. The predicted molar refractivity (Wildman–Crippen MR) is 65.2 cm³/mol. The fourth-order valence-corrected chi connectivity index (χ4v) is 1.66. The number of halogens is 3. The van der Waals surface area contributed by atoms with Crippen molar-refractivity contribution < 1.29 is 73.8 Å². The monoisotopic (exact) mass is 294 g/mol. The first-order valence-electron chi connectivity index (χ1n) is 5.36. The second kappa shape index (κ2) is 7.10. The largest absolute Gasteiger partial charge is 1.00 e. The van der Waals surface area contributed by atoms with Gasteiger partial charge >= 0.3 is 58.4 Å². The minimum Gasteiger partial charge on any atom is -0.468 e. The van der Waals surface area contributed by atoms with E-state index in [0.29, 0.717) is 16.5 Å². The molecule has 0 atom stereocenters. The molecule has 0 saturated carbocycles. The maximum atomic E-state index is 12.6. The summed E-state index contributed by atoms with van der Waals surface area (Å²) in [4.78, 5) is 0. The van der Waals surface area contributed by atoms with Gasteiger partial charge in [0.2, 0.25) is 0 Å². The van der Waals surface area contributed by atoms with Crippen molar-refractivity contribution >= 4 is 23.2 Å². The van der Waals surface area contributed by atoms with E-state index < -0.39 is 12.4 Å². The molecule has 0 aliphatic carbocycles. The van der Waals surface area contributed by atoms with Gasteiger partial charge in [-0.3, -0.25) is 0 Å². The van der Waals surface area contributed by atoms with E-state index in [9.17, 15) is 12.9 Å². The number of hydrogen-bond donors (Lipinski definition) is 0. The third-order valence-corrected chi connectivity index (χ3v) is 2.56. The van der Waals surface area contributed by atoms with Gasteiger partial charge in [-0.15, -0.1) is 5.46 Å². The van der Waals surface area contributed by atoms with Crippen LogP contribution in [0, 0.1) is 0 Å². The van der Waals surface area contributed by atoms with Crippen LogP contribution in [-0.4, -0.2) is 20.9 Å². The zero-order valence-electron chi connectivity index (χ0n) is 10.7. The summed E-state index contributed by atoms with van der Waals surface area (Å²) in [6.45, 7) is -4.85. The van der Waals surface area contributed by atoms with E-state index in [4.69, 9.17) is 9.47 Å². The number of ether oxygens (including phenoxy) is 2. The Bertz CT molecular complexity index is 560. The molecule has 2 aromatic carbocycles. The van der Waals surface area contributed by atoms with Crippen molar-refractivity contribution in [3.8, 4) is 5.75 Å². The van der Waals surface area contributed by atoms with Gasteiger partial charge < -0.3 is 22.4 Å². The van der Waals surface area contributed by atoms with Crippen LogP contribution < -0.4 is 61.6 Å². The molecule has 2 nitrogen and oxygen atoms in total. The average Bonchev–Trinajstić information content (AvgIpc) is 2.34. The van der Waals surface area contributed by atoms with Crippen molar-refractivity contribution in [2.24, 2.45) is 0 Å². The quantitative estimate of drug-likeness (QED) is 0.578. The van der Waals surface area contributed by atoms with Crippen molar-refractivity contribution in [1.82, 2.24) is 0 Å². The van der Waals surface area contributed by atoms with Gasteiger partial charge in [0.1, 0.15) is 5.75 Å². The van der Waals surface area contributed by atoms with Crippen molar-refractivity contribution in [3.05, 3.63) is 36.4 Å². The molecular weight excluding hydrogens is 283 g/mol. The van der Waals surface area contributed by atoms with Crippen LogP contribution in [0.3, 0.4) is 0 Å². The third-order valence-electron chi connectivity index (χ3n) is 2.56. The van der Waals surface area contributed by atoms with Crippen molar-refractivity contribution in [2.75, 3.05) is 13.9 Å². The van der Waals surface area contributed by atoms with Gasteiger partial charge in [0, 0.05) is 7.11 Å². The number of benzene rings is 2. The number of hydrogen-bond acceptors (Lipinski definition) is 2. The Hall–Kier alpha value is -0.0487. The van der Waals surface area contributed by atoms with Gasteiger partial charge in [-0.05, 0) is 22.9 Å². The summed E-state index contributed by atoms with van der Waals surface area (Å²) in [5, 5.41) is 1.24. The predicted octanol–water partition coefficient (Wildman–Crippen LogP) is -0.119. The second-order valence-electron chi connectivity index (χ2n) is 3.89. The van der Waals surface area contributed by atoms with Crippen LogP contribution in [-0.2, 0) is 4.74 Å². The molecule has 0 aliphatic heterocycles. The summed E-state index contributed by atoms with van der Waals surface area (Å²) in [7, 11) is 1.50. The SMILES string of the molecule is COCOc1ccc2cc([B-](F)(F)F)ccc2c1.[K+]. The molecule has 0 radical (unpaired) electrons. The molecule has 2 rings (SSSR count). The van der Waals surface area contributed by atoms with E-state index in [1.165, 1.54) is 13.2 Å². The Morgan fingerprint density at radius 2 is 1.63 bits per heavy atom. The Morgan fingerprint density at radius 3 is 2.26 bits per heavy atom. The molecule has 0 spiro atoms.